The second-order valence-corrected chi connectivity index (χ2v) is 13.3. The van der Waals surface area contributed by atoms with Gasteiger partial charge in [-0.3, -0.25) is 14.5 Å². The predicted molar refractivity (Wildman–Crippen MR) is 175 cm³/mol. The van der Waals surface area contributed by atoms with Gasteiger partial charge in [0.05, 0.1) is 11.6 Å². The Labute approximate surface area is 268 Å². The van der Waals surface area contributed by atoms with Crippen molar-refractivity contribution < 1.29 is 24.2 Å². The molecule has 0 saturated carbocycles. The molecule has 0 bridgehead atoms. The van der Waals surface area contributed by atoms with E-state index < -0.39 is 17.7 Å². The van der Waals surface area contributed by atoms with Gasteiger partial charge in [-0.25, -0.2) is 0 Å². The van der Waals surface area contributed by atoms with Gasteiger partial charge in [-0.1, -0.05) is 77.7 Å². The van der Waals surface area contributed by atoms with E-state index in [9.17, 15) is 14.7 Å². The van der Waals surface area contributed by atoms with E-state index in [-0.39, 0.29) is 16.5 Å². The number of fused-ring (bicyclic) bond motifs is 2. The van der Waals surface area contributed by atoms with Gasteiger partial charge in [0.1, 0.15) is 19.0 Å². The van der Waals surface area contributed by atoms with Crippen LogP contribution in [-0.4, -0.2) is 40.2 Å². The molecule has 0 radical (unpaired) electrons. The van der Waals surface area contributed by atoms with Crippen molar-refractivity contribution >= 4 is 79.0 Å². The van der Waals surface area contributed by atoms with Crippen LogP contribution < -0.4 is 14.4 Å². The number of carbonyl (C=O) groups is 2. The molecule has 3 heterocycles. The third-order valence-corrected chi connectivity index (χ3v) is 10.1. The minimum absolute atomic E-state index is 0.0250. The fraction of sp³-hybridized carbons (Fsp3) is 0.125. The van der Waals surface area contributed by atoms with E-state index >= 15 is 0 Å². The average molecular weight is 720 g/mol. The molecule has 1 unspecified atom stereocenters. The maximum atomic E-state index is 13.6. The molecule has 1 fully saturated rings. The molecule has 4 aromatic carbocycles. The lowest BCUT2D eigenvalue weighted by molar-refractivity contribution is -0.132. The van der Waals surface area contributed by atoms with Gasteiger partial charge in [0, 0.05) is 14.9 Å². The number of aromatic nitrogens is 2. The molecular weight excluding hydrogens is 697 g/mol. The van der Waals surface area contributed by atoms with Crippen LogP contribution in [0.25, 0.3) is 16.5 Å². The maximum Gasteiger partial charge on any atom is 0.301 e. The molecule has 2 aliphatic heterocycles. The minimum atomic E-state index is -0.894. The number of amides is 1. The van der Waals surface area contributed by atoms with Crippen LogP contribution in [-0.2, 0) is 15.3 Å². The van der Waals surface area contributed by atoms with Crippen LogP contribution in [0.5, 0.6) is 11.5 Å². The van der Waals surface area contributed by atoms with E-state index in [2.05, 4.69) is 57.1 Å². The van der Waals surface area contributed by atoms with E-state index in [0.717, 1.165) is 8.96 Å². The molecule has 214 valence electrons. The van der Waals surface area contributed by atoms with E-state index in [1.807, 2.05) is 42.5 Å². The van der Waals surface area contributed by atoms with Crippen LogP contribution in [0.1, 0.15) is 22.7 Å². The Morgan fingerprint density at radius 3 is 2.56 bits per heavy atom. The smallest absolute Gasteiger partial charge is 0.301 e. The van der Waals surface area contributed by atoms with Crippen molar-refractivity contribution in [2.75, 3.05) is 18.1 Å². The van der Waals surface area contributed by atoms with Crippen LogP contribution in [0.15, 0.2) is 94.8 Å². The SMILES string of the molecule is O=C1C(=O)N(c2nnc(SCc3cccc4ccccc34)s2)C(c2ccc(I)cc2)/C1=C(\O)c1ccc2c(c1)OCCO2. The Balaban J connectivity index is 1.25. The van der Waals surface area contributed by atoms with Crippen molar-refractivity contribution in [2.24, 2.45) is 0 Å². The van der Waals surface area contributed by atoms with Crippen molar-refractivity contribution in [1.29, 1.82) is 0 Å². The molecule has 5 aromatic rings. The third kappa shape index (κ3) is 5.25. The minimum Gasteiger partial charge on any atom is -0.507 e. The first-order chi connectivity index (χ1) is 21.0. The second-order valence-electron chi connectivity index (χ2n) is 9.86. The van der Waals surface area contributed by atoms with Crippen LogP contribution in [0.4, 0.5) is 5.13 Å². The zero-order valence-corrected chi connectivity index (χ0v) is 26.2. The van der Waals surface area contributed by atoms with E-state index in [1.54, 1.807) is 18.2 Å². The standard InChI is InChI=1S/C32H22IN3O5S2/c33-22-11-8-19(9-12-22)27-26(28(37)20-10-13-24-25(16-20)41-15-14-40-24)29(38)30(39)36(27)31-34-35-32(43-31)42-17-21-6-3-5-18-4-1-2-7-23(18)21/h1-13,16,27,37H,14-15,17H2/b28-26+. The van der Waals surface area contributed by atoms with Crippen molar-refractivity contribution in [3.05, 3.63) is 111 Å². The first kappa shape index (κ1) is 27.9. The van der Waals surface area contributed by atoms with Crippen LogP contribution in [0.3, 0.4) is 0 Å². The Morgan fingerprint density at radius 2 is 1.72 bits per heavy atom. The largest absolute Gasteiger partial charge is 0.507 e. The highest BCUT2D eigenvalue weighted by molar-refractivity contribution is 14.1. The highest BCUT2D eigenvalue weighted by Crippen LogP contribution is 2.45. The first-order valence-corrected chi connectivity index (χ1v) is 16.3. The Hall–Kier alpha value is -3.94. The zero-order chi connectivity index (χ0) is 29.5. The van der Waals surface area contributed by atoms with E-state index in [4.69, 9.17) is 9.47 Å². The highest BCUT2D eigenvalue weighted by Gasteiger charge is 2.48. The summed E-state index contributed by atoms with van der Waals surface area (Å²) in [5.74, 6) is -0.177. The van der Waals surface area contributed by atoms with E-state index in [1.165, 1.54) is 38.9 Å². The summed E-state index contributed by atoms with van der Waals surface area (Å²) in [6, 6.07) is 26.0. The van der Waals surface area contributed by atoms with Gasteiger partial charge >= 0.3 is 5.91 Å². The monoisotopic (exact) mass is 719 g/mol. The maximum absolute atomic E-state index is 13.6. The Morgan fingerprint density at radius 1 is 0.953 bits per heavy atom. The first-order valence-electron chi connectivity index (χ1n) is 13.4. The van der Waals surface area contributed by atoms with Crippen molar-refractivity contribution in [2.45, 2.75) is 16.1 Å². The summed E-state index contributed by atoms with van der Waals surface area (Å²) in [7, 11) is 0. The summed E-state index contributed by atoms with van der Waals surface area (Å²) in [6.45, 7) is 0.808. The molecule has 0 aliphatic carbocycles. The topological polar surface area (TPSA) is 102 Å². The molecule has 43 heavy (non-hydrogen) atoms. The molecule has 8 nitrogen and oxygen atoms in total. The van der Waals surface area contributed by atoms with Gasteiger partial charge in [-0.2, -0.15) is 0 Å². The molecule has 1 amide bonds. The van der Waals surface area contributed by atoms with Crippen LogP contribution in [0, 0.1) is 3.57 Å². The number of rotatable bonds is 6. The van der Waals surface area contributed by atoms with Gasteiger partial charge in [-0.15, -0.1) is 10.2 Å². The number of hydrogen-bond donors (Lipinski definition) is 1. The average Bonchev–Trinajstić information content (AvgIpc) is 3.61. The van der Waals surface area contributed by atoms with Crippen molar-refractivity contribution in [3.8, 4) is 11.5 Å². The number of ketones is 1. The lowest BCUT2D eigenvalue weighted by Gasteiger charge is -2.23. The number of thioether (sulfide) groups is 1. The molecule has 1 aromatic heterocycles. The van der Waals surface area contributed by atoms with E-state index in [0.29, 0.717) is 45.9 Å². The molecule has 1 atom stereocenters. The molecule has 1 saturated heterocycles. The summed E-state index contributed by atoms with van der Waals surface area (Å²) < 4.78 is 12.9. The van der Waals surface area contributed by atoms with Crippen molar-refractivity contribution in [3.63, 3.8) is 0 Å². The quantitative estimate of drug-likeness (QED) is 0.0501. The van der Waals surface area contributed by atoms with Crippen LogP contribution >= 0.6 is 45.7 Å². The van der Waals surface area contributed by atoms with Gasteiger partial charge < -0.3 is 14.6 Å². The van der Waals surface area contributed by atoms with Gasteiger partial charge in [0.25, 0.3) is 5.78 Å². The number of anilines is 1. The van der Waals surface area contributed by atoms with Crippen LogP contribution in [0.2, 0.25) is 0 Å². The fourth-order valence-corrected chi connectivity index (χ4v) is 7.48. The summed E-state index contributed by atoms with van der Waals surface area (Å²) >= 11 is 4.96. The highest BCUT2D eigenvalue weighted by atomic mass is 127. The summed E-state index contributed by atoms with van der Waals surface area (Å²) in [6.07, 6.45) is 0. The number of aliphatic hydroxyl groups is 1. The Bertz CT molecular complexity index is 1920. The number of nitrogens with zero attached hydrogens (tertiary/aromatic N) is 3. The Kier molecular flexibility index (Phi) is 7.53. The van der Waals surface area contributed by atoms with Crippen molar-refractivity contribution in [1.82, 2.24) is 10.2 Å². The fourth-order valence-electron chi connectivity index (χ4n) is 5.25. The molecule has 2 aliphatic rings. The summed E-state index contributed by atoms with van der Waals surface area (Å²) in [4.78, 5) is 28.5. The number of halogens is 1. The molecule has 1 N–H and O–H groups in total. The second kappa shape index (κ2) is 11.6. The molecular formula is C32H22IN3O5S2. The number of ether oxygens (including phenoxy) is 2. The lowest BCUT2D eigenvalue weighted by Crippen LogP contribution is -2.29. The van der Waals surface area contributed by atoms with Gasteiger partial charge in [0.2, 0.25) is 5.13 Å². The van der Waals surface area contributed by atoms with Gasteiger partial charge in [0.15, 0.2) is 15.8 Å². The number of benzene rings is 4. The predicted octanol–water partition coefficient (Wildman–Crippen LogP) is 6.99. The number of carbonyl (C=O) groups excluding carboxylic acids is 2. The molecule has 0 spiro atoms. The zero-order valence-electron chi connectivity index (χ0n) is 22.4. The summed E-state index contributed by atoms with van der Waals surface area (Å²) in [5.41, 5.74) is 2.15. The molecule has 7 rings (SSSR count). The molecule has 11 heteroatoms. The lowest BCUT2D eigenvalue weighted by atomic mass is 9.95. The number of aliphatic hydroxyl groups excluding tert-OH is 1. The number of Topliss-reactive ketones (excluding diaryl/α,β-unsaturated/α-hetero) is 1. The summed E-state index contributed by atoms with van der Waals surface area (Å²) in [5, 5.41) is 22.8. The van der Waals surface area contributed by atoms with Gasteiger partial charge in [-0.05, 0) is 74.8 Å². The number of hydrogen-bond acceptors (Lipinski definition) is 9. The normalized spacial score (nSPS) is 17.5. The third-order valence-electron chi connectivity index (χ3n) is 7.28.